The van der Waals surface area contributed by atoms with Crippen LogP contribution in [0, 0.1) is 0 Å². The summed E-state index contributed by atoms with van der Waals surface area (Å²) in [6, 6.07) is 14.4. The van der Waals surface area contributed by atoms with Crippen molar-refractivity contribution in [1.29, 1.82) is 0 Å². The molecule has 2 N–H and O–H groups in total. The molecule has 7 nitrogen and oxygen atoms in total. The van der Waals surface area contributed by atoms with Gasteiger partial charge in [-0.15, -0.1) is 10.2 Å². The topological polar surface area (TPSA) is 89.1 Å². The van der Waals surface area contributed by atoms with E-state index in [0.717, 1.165) is 0 Å². The van der Waals surface area contributed by atoms with Crippen LogP contribution < -0.4 is 20.3 Å². The van der Waals surface area contributed by atoms with E-state index in [-0.39, 0.29) is 17.2 Å². The minimum atomic E-state index is -0.320. The van der Waals surface area contributed by atoms with Gasteiger partial charge in [0, 0.05) is 17.3 Å². The molecule has 3 rings (SSSR count). The van der Waals surface area contributed by atoms with Gasteiger partial charge in [0.25, 0.3) is 5.56 Å². The van der Waals surface area contributed by atoms with Crippen LogP contribution in [0.25, 0.3) is 11.3 Å². The zero-order valence-corrected chi connectivity index (χ0v) is 13.2. The van der Waals surface area contributed by atoms with Gasteiger partial charge in [-0.2, -0.15) is 0 Å². The summed E-state index contributed by atoms with van der Waals surface area (Å²) in [5, 5.41) is 11.0. The SMILES string of the molecule is COc1ccc(Nc2nnc(-c3ccccc3)c(=O)[nH]2)cc1OC. The molecule has 0 fully saturated rings. The van der Waals surface area contributed by atoms with E-state index < -0.39 is 0 Å². The molecule has 0 saturated heterocycles. The van der Waals surface area contributed by atoms with Gasteiger partial charge < -0.3 is 14.8 Å². The first-order valence-electron chi connectivity index (χ1n) is 7.22. The Balaban J connectivity index is 1.87. The Labute approximate surface area is 138 Å². The lowest BCUT2D eigenvalue weighted by Gasteiger charge is -2.10. The fraction of sp³-hybridized carbons (Fsp3) is 0.118. The summed E-state index contributed by atoms with van der Waals surface area (Å²) in [5.74, 6) is 1.42. The first-order chi connectivity index (χ1) is 11.7. The zero-order valence-electron chi connectivity index (χ0n) is 13.2. The fourth-order valence-electron chi connectivity index (χ4n) is 2.23. The molecule has 24 heavy (non-hydrogen) atoms. The second-order valence-corrected chi connectivity index (χ2v) is 4.91. The minimum Gasteiger partial charge on any atom is -0.493 e. The Kier molecular flexibility index (Phi) is 4.42. The standard InChI is InChI=1S/C17H16N4O3/c1-23-13-9-8-12(10-14(13)24-2)18-17-19-16(22)15(20-21-17)11-6-4-3-5-7-11/h3-10H,1-2H3,(H2,18,19,21,22). The first-order valence-corrected chi connectivity index (χ1v) is 7.22. The largest absolute Gasteiger partial charge is 0.493 e. The molecule has 3 aromatic rings. The average Bonchev–Trinajstić information content (AvgIpc) is 2.62. The van der Waals surface area contributed by atoms with Crippen LogP contribution in [0.3, 0.4) is 0 Å². The number of nitrogens with one attached hydrogen (secondary N) is 2. The van der Waals surface area contributed by atoms with Gasteiger partial charge >= 0.3 is 0 Å². The number of aromatic nitrogens is 3. The van der Waals surface area contributed by atoms with Crippen molar-refractivity contribution in [3.05, 3.63) is 58.9 Å². The van der Waals surface area contributed by atoms with E-state index in [0.29, 0.717) is 22.7 Å². The zero-order chi connectivity index (χ0) is 16.9. The Bertz CT molecular complexity index is 894. The predicted octanol–water partition coefficient (Wildman–Crippen LogP) is 2.59. The van der Waals surface area contributed by atoms with Crippen LogP contribution in [0.5, 0.6) is 11.5 Å². The van der Waals surface area contributed by atoms with Crippen LogP contribution in [-0.2, 0) is 0 Å². The molecule has 0 aliphatic rings. The highest BCUT2D eigenvalue weighted by molar-refractivity contribution is 5.61. The molecule has 0 bridgehead atoms. The van der Waals surface area contributed by atoms with Crippen molar-refractivity contribution in [3.8, 4) is 22.8 Å². The maximum Gasteiger partial charge on any atom is 0.279 e. The normalized spacial score (nSPS) is 10.2. The number of anilines is 2. The lowest BCUT2D eigenvalue weighted by molar-refractivity contribution is 0.355. The third-order valence-electron chi connectivity index (χ3n) is 3.39. The van der Waals surface area contributed by atoms with E-state index >= 15 is 0 Å². The third-order valence-corrected chi connectivity index (χ3v) is 3.39. The molecule has 7 heteroatoms. The van der Waals surface area contributed by atoms with Crippen molar-refractivity contribution in [2.75, 3.05) is 19.5 Å². The molecule has 0 atom stereocenters. The smallest absolute Gasteiger partial charge is 0.279 e. The lowest BCUT2D eigenvalue weighted by atomic mass is 10.2. The molecule has 0 saturated carbocycles. The number of hydrogen-bond acceptors (Lipinski definition) is 6. The monoisotopic (exact) mass is 324 g/mol. The average molecular weight is 324 g/mol. The van der Waals surface area contributed by atoms with Crippen molar-refractivity contribution in [1.82, 2.24) is 15.2 Å². The number of aromatic amines is 1. The van der Waals surface area contributed by atoms with Crippen molar-refractivity contribution >= 4 is 11.6 Å². The van der Waals surface area contributed by atoms with Gasteiger partial charge in [-0.05, 0) is 12.1 Å². The summed E-state index contributed by atoms with van der Waals surface area (Å²) in [7, 11) is 3.12. The van der Waals surface area contributed by atoms with Gasteiger partial charge in [-0.25, -0.2) is 0 Å². The van der Waals surface area contributed by atoms with E-state index in [1.807, 2.05) is 18.2 Å². The molecule has 0 spiro atoms. The van der Waals surface area contributed by atoms with Crippen LogP contribution in [0.4, 0.5) is 11.6 Å². The highest BCUT2D eigenvalue weighted by atomic mass is 16.5. The highest BCUT2D eigenvalue weighted by Crippen LogP contribution is 2.30. The predicted molar refractivity (Wildman–Crippen MR) is 90.9 cm³/mol. The van der Waals surface area contributed by atoms with Crippen LogP contribution in [-0.4, -0.2) is 29.4 Å². The summed E-state index contributed by atoms with van der Waals surface area (Å²) >= 11 is 0. The number of methoxy groups -OCH3 is 2. The molecule has 0 amide bonds. The highest BCUT2D eigenvalue weighted by Gasteiger charge is 2.09. The lowest BCUT2D eigenvalue weighted by Crippen LogP contribution is -2.15. The van der Waals surface area contributed by atoms with Gasteiger partial charge in [0.05, 0.1) is 14.2 Å². The molecule has 1 heterocycles. The van der Waals surface area contributed by atoms with Gasteiger partial charge in [-0.3, -0.25) is 9.78 Å². The Morgan fingerprint density at radius 1 is 0.958 bits per heavy atom. The second-order valence-electron chi connectivity index (χ2n) is 4.91. The van der Waals surface area contributed by atoms with Gasteiger partial charge in [0.1, 0.15) is 0 Å². The van der Waals surface area contributed by atoms with Gasteiger partial charge in [0.2, 0.25) is 5.95 Å². The molecular weight excluding hydrogens is 308 g/mol. The molecule has 0 unspecified atom stereocenters. The van der Waals surface area contributed by atoms with Crippen LogP contribution in [0.15, 0.2) is 53.3 Å². The quantitative estimate of drug-likeness (QED) is 0.750. The molecule has 0 radical (unpaired) electrons. The summed E-state index contributed by atoms with van der Waals surface area (Å²) in [6.07, 6.45) is 0. The fourth-order valence-corrected chi connectivity index (χ4v) is 2.23. The van der Waals surface area contributed by atoms with E-state index in [9.17, 15) is 4.79 Å². The molecule has 1 aromatic heterocycles. The number of hydrogen-bond donors (Lipinski definition) is 2. The van der Waals surface area contributed by atoms with Crippen molar-refractivity contribution in [3.63, 3.8) is 0 Å². The summed E-state index contributed by atoms with van der Waals surface area (Å²) in [6.45, 7) is 0. The maximum atomic E-state index is 12.2. The van der Waals surface area contributed by atoms with Crippen molar-refractivity contribution < 1.29 is 9.47 Å². The Morgan fingerprint density at radius 2 is 1.71 bits per heavy atom. The first kappa shape index (κ1) is 15.5. The van der Waals surface area contributed by atoms with E-state index in [1.54, 1.807) is 44.6 Å². The minimum absolute atomic E-state index is 0.243. The molecule has 2 aromatic carbocycles. The number of ether oxygens (including phenoxy) is 2. The molecular formula is C17H16N4O3. The Morgan fingerprint density at radius 3 is 2.38 bits per heavy atom. The van der Waals surface area contributed by atoms with Crippen LogP contribution in [0.1, 0.15) is 0 Å². The second kappa shape index (κ2) is 6.82. The summed E-state index contributed by atoms with van der Waals surface area (Å²) in [5.41, 5.74) is 1.35. The van der Waals surface area contributed by atoms with Crippen molar-refractivity contribution in [2.45, 2.75) is 0 Å². The maximum absolute atomic E-state index is 12.2. The molecule has 0 aliphatic carbocycles. The number of H-pyrrole nitrogens is 1. The van der Waals surface area contributed by atoms with E-state index in [2.05, 4.69) is 20.5 Å². The number of benzene rings is 2. The summed E-state index contributed by atoms with van der Waals surface area (Å²) < 4.78 is 10.4. The van der Waals surface area contributed by atoms with E-state index in [1.165, 1.54) is 0 Å². The van der Waals surface area contributed by atoms with Gasteiger partial charge in [-0.1, -0.05) is 30.3 Å². The van der Waals surface area contributed by atoms with Crippen LogP contribution in [0.2, 0.25) is 0 Å². The summed E-state index contributed by atoms with van der Waals surface area (Å²) in [4.78, 5) is 14.9. The van der Waals surface area contributed by atoms with Gasteiger partial charge in [0.15, 0.2) is 17.2 Å². The van der Waals surface area contributed by atoms with Crippen LogP contribution >= 0.6 is 0 Å². The van der Waals surface area contributed by atoms with Crippen molar-refractivity contribution in [2.24, 2.45) is 0 Å². The molecule has 122 valence electrons. The third kappa shape index (κ3) is 3.19. The van der Waals surface area contributed by atoms with E-state index in [4.69, 9.17) is 9.47 Å². The number of nitrogens with zero attached hydrogens (tertiary/aromatic N) is 2. The Hall–Kier alpha value is -3.35. The number of rotatable bonds is 5. The molecule has 0 aliphatic heterocycles.